The van der Waals surface area contributed by atoms with E-state index in [4.69, 9.17) is 11.6 Å². The lowest BCUT2D eigenvalue weighted by Gasteiger charge is -2.27. The molecular weight excluding hydrogens is 317 g/mol. The molecule has 0 bridgehead atoms. The largest absolute Gasteiger partial charge is 0.315 e. The molecule has 0 aliphatic carbocycles. The van der Waals surface area contributed by atoms with Gasteiger partial charge >= 0.3 is 0 Å². The summed E-state index contributed by atoms with van der Waals surface area (Å²) < 4.78 is 14.8. The lowest BCUT2D eigenvalue weighted by Crippen LogP contribution is -2.30. The summed E-state index contributed by atoms with van der Waals surface area (Å²) in [7, 11) is 0. The number of rotatable bonds is 5. The molecule has 1 rings (SSSR count). The van der Waals surface area contributed by atoms with Crippen LogP contribution in [0.5, 0.6) is 0 Å². The number of nitrogens with one attached hydrogen (secondary N) is 1. The average molecular weight is 337 g/mol. The first-order chi connectivity index (χ1) is 8.25. The zero-order chi connectivity index (χ0) is 13.9. The maximum Gasteiger partial charge on any atom is 0.146 e. The highest BCUT2D eigenvalue weighted by molar-refractivity contribution is 9.10. The van der Waals surface area contributed by atoms with Crippen LogP contribution in [0.1, 0.15) is 39.7 Å². The van der Waals surface area contributed by atoms with Crippen LogP contribution in [0, 0.1) is 5.82 Å². The summed E-state index contributed by atoms with van der Waals surface area (Å²) in [6.45, 7) is 9.14. The number of hydrogen-bond acceptors (Lipinski definition) is 1. The maximum atomic E-state index is 14.2. The Labute approximate surface area is 122 Å². The van der Waals surface area contributed by atoms with Crippen molar-refractivity contribution in [1.82, 2.24) is 5.32 Å². The smallest absolute Gasteiger partial charge is 0.146 e. The minimum Gasteiger partial charge on any atom is -0.315 e. The molecule has 0 amide bonds. The lowest BCUT2D eigenvalue weighted by molar-refractivity contribution is 0.423. The van der Waals surface area contributed by atoms with Gasteiger partial charge in [0.15, 0.2) is 0 Å². The van der Waals surface area contributed by atoms with Crippen molar-refractivity contribution in [3.63, 3.8) is 0 Å². The van der Waals surface area contributed by atoms with Crippen LogP contribution in [0.25, 0.3) is 0 Å². The topological polar surface area (TPSA) is 12.0 Å². The Hall–Kier alpha value is -0.120. The fourth-order valence-corrected chi connectivity index (χ4v) is 2.33. The van der Waals surface area contributed by atoms with E-state index in [9.17, 15) is 4.39 Å². The zero-order valence-electron chi connectivity index (χ0n) is 11.3. The highest BCUT2D eigenvalue weighted by Gasteiger charge is 2.25. The summed E-state index contributed by atoms with van der Waals surface area (Å²) >= 11 is 9.17. The van der Waals surface area contributed by atoms with Gasteiger partial charge in [0, 0.05) is 10.5 Å². The van der Waals surface area contributed by atoms with Crippen molar-refractivity contribution in [1.29, 1.82) is 0 Å². The SMILES string of the molecule is CC(C)NCCC(C)(C)c1ccc(Br)c(Cl)c1F. The van der Waals surface area contributed by atoms with E-state index in [1.165, 1.54) is 0 Å². The summed E-state index contributed by atoms with van der Waals surface area (Å²) in [6, 6.07) is 4.05. The van der Waals surface area contributed by atoms with E-state index in [-0.39, 0.29) is 16.3 Å². The minimum atomic E-state index is -0.319. The van der Waals surface area contributed by atoms with Gasteiger partial charge in [0.05, 0.1) is 5.02 Å². The van der Waals surface area contributed by atoms with E-state index >= 15 is 0 Å². The van der Waals surface area contributed by atoms with Gasteiger partial charge in [-0.25, -0.2) is 4.39 Å². The van der Waals surface area contributed by atoms with E-state index in [2.05, 4.69) is 35.1 Å². The fraction of sp³-hybridized carbons (Fsp3) is 0.571. The molecule has 1 nitrogen and oxygen atoms in total. The first-order valence-electron chi connectivity index (χ1n) is 6.13. The van der Waals surface area contributed by atoms with Gasteiger partial charge in [-0.1, -0.05) is 45.4 Å². The third kappa shape index (κ3) is 3.94. The number of benzene rings is 1. The third-order valence-electron chi connectivity index (χ3n) is 3.07. The van der Waals surface area contributed by atoms with E-state index < -0.39 is 0 Å². The van der Waals surface area contributed by atoms with E-state index in [1.807, 2.05) is 13.8 Å². The normalized spacial score (nSPS) is 12.2. The first kappa shape index (κ1) is 15.9. The first-order valence-corrected chi connectivity index (χ1v) is 7.30. The molecular formula is C14H20BrClFN. The van der Waals surface area contributed by atoms with E-state index in [0.29, 0.717) is 16.1 Å². The molecule has 0 spiro atoms. The Morgan fingerprint density at radius 1 is 1.39 bits per heavy atom. The third-order valence-corrected chi connectivity index (χ3v) is 4.33. The molecule has 102 valence electrons. The van der Waals surface area contributed by atoms with Gasteiger partial charge in [-0.05, 0) is 45.9 Å². The van der Waals surface area contributed by atoms with Crippen LogP contribution in [-0.4, -0.2) is 12.6 Å². The quantitative estimate of drug-likeness (QED) is 0.754. The lowest BCUT2D eigenvalue weighted by atomic mass is 9.81. The van der Waals surface area contributed by atoms with Crippen molar-refractivity contribution < 1.29 is 4.39 Å². The van der Waals surface area contributed by atoms with Crippen molar-refractivity contribution in [3.05, 3.63) is 33.0 Å². The van der Waals surface area contributed by atoms with Gasteiger partial charge in [-0.2, -0.15) is 0 Å². The Bertz CT molecular complexity index is 419. The van der Waals surface area contributed by atoms with Crippen LogP contribution in [0.15, 0.2) is 16.6 Å². The maximum absolute atomic E-state index is 14.2. The van der Waals surface area contributed by atoms with Crippen molar-refractivity contribution in [2.45, 2.75) is 45.6 Å². The molecule has 18 heavy (non-hydrogen) atoms. The summed E-state index contributed by atoms with van der Waals surface area (Å²) in [5, 5.41) is 3.52. The van der Waals surface area contributed by atoms with Gasteiger partial charge in [0.25, 0.3) is 0 Å². The summed E-state index contributed by atoms with van der Waals surface area (Å²) in [5.41, 5.74) is 0.428. The van der Waals surface area contributed by atoms with Gasteiger partial charge < -0.3 is 5.32 Å². The molecule has 0 saturated heterocycles. The highest BCUT2D eigenvalue weighted by atomic mass is 79.9. The second-order valence-electron chi connectivity index (χ2n) is 5.47. The molecule has 0 atom stereocenters. The average Bonchev–Trinajstić information content (AvgIpc) is 2.24. The molecule has 0 fully saturated rings. The van der Waals surface area contributed by atoms with Crippen molar-refractivity contribution in [2.24, 2.45) is 0 Å². The molecule has 0 aliphatic rings. The van der Waals surface area contributed by atoms with Gasteiger partial charge in [-0.3, -0.25) is 0 Å². The van der Waals surface area contributed by atoms with Gasteiger partial charge in [-0.15, -0.1) is 0 Å². The summed E-state index contributed by atoms with van der Waals surface area (Å²) in [5.74, 6) is -0.319. The monoisotopic (exact) mass is 335 g/mol. The Balaban J connectivity index is 2.88. The Morgan fingerprint density at radius 3 is 2.56 bits per heavy atom. The minimum absolute atomic E-state index is 0.164. The number of hydrogen-bond donors (Lipinski definition) is 1. The Kier molecular flexibility index (Phi) is 5.63. The molecule has 1 aromatic rings. The van der Waals surface area contributed by atoms with Crippen molar-refractivity contribution >= 4 is 27.5 Å². The standard InChI is InChI=1S/C14H20BrClFN/c1-9(2)18-8-7-14(3,4)10-5-6-11(15)12(16)13(10)17/h5-6,9,18H,7-8H2,1-4H3. The molecule has 0 unspecified atom stereocenters. The fourth-order valence-electron chi connectivity index (χ4n) is 1.86. The molecule has 0 saturated carbocycles. The molecule has 0 heterocycles. The molecule has 0 radical (unpaired) electrons. The highest BCUT2D eigenvalue weighted by Crippen LogP contribution is 2.35. The van der Waals surface area contributed by atoms with Gasteiger partial charge in [0.2, 0.25) is 0 Å². The van der Waals surface area contributed by atoms with Crippen LogP contribution in [0.4, 0.5) is 4.39 Å². The van der Waals surface area contributed by atoms with Crippen LogP contribution >= 0.6 is 27.5 Å². The van der Waals surface area contributed by atoms with E-state index in [1.54, 1.807) is 12.1 Å². The predicted molar refractivity (Wildman–Crippen MR) is 79.9 cm³/mol. The second kappa shape index (κ2) is 6.36. The second-order valence-corrected chi connectivity index (χ2v) is 6.70. The molecule has 0 aromatic heterocycles. The molecule has 1 N–H and O–H groups in total. The Morgan fingerprint density at radius 2 is 2.00 bits per heavy atom. The molecule has 1 aromatic carbocycles. The van der Waals surface area contributed by atoms with Crippen molar-refractivity contribution in [2.75, 3.05) is 6.54 Å². The van der Waals surface area contributed by atoms with Crippen molar-refractivity contribution in [3.8, 4) is 0 Å². The summed E-state index contributed by atoms with van der Waals surface area (Å²) in [4.78, 5) is 0. The zero-order valence-corrected chi connectivity index (χ0v) is 13.6. The van der Waals surface area contributed by atoms with Gasteiger partial charge in [0.1, 0.15) is 5.82 Å². The van der Waals surface area contributed by atoms with Crippen LogP contribution in [0.2, 0.25) is 5.02 Å². The van der Waals surface area contributed by atoms with Crippen LogP contribution < -0.4 is 5.32 Å². The van der Waals surface area contributed by atoms with Crippen LogP contribution in [-0.2, 0) is 5.41 Å². The predicted octanol–water partition coefficient (Wildman–Crippen LogP) is 4.91. The summed E-state index contributed by atoms with van der Waals surface area (Å²) in [6.07, 6.45) is 0.861. The molecule has 4 heteroatoms. The number of halogens is 3. The van der Waals surface area contributed by atoms with E-state index in [0.717, 1.165) is 13.0 Å². The van der Waals surface area contributed by atoms with Crippen LogP contribution in [0.3, 0.4) is 0 Å². The molecule has 0 aliphatic heterocycles.